The summed E-state index contributed by atoms with van der Waals surface area (Å²) in [5.41, 5.74) is 0.377. The number of aliphatic hydroxyl groups is 2. The van der Waals surface area contributed by atoms with Crippen molar-refractivity contribution in [3.63, 3.8) is 0 Å². The van der Waals surface area contributed by atoms with Crippen molar-refractivity contribution in [2.75, 3.05) is 20.0 Å². The Hall–Kier alpha value is -6.70. The zero-order valence-corrected chi connectivity index (χ0v) is 27.7. The highest BCUT2D eigenvalue weighted by atomic mass is 16.7. The topological polar surface area (TPSA) is 173 Å². The Bertz CT molecular complexity index is 1880. The minimum Gasteiger partial charge on any atom is -0.491 e. The van der Waals surface area contributed by atoms with Gasteiger partial charge in [-0.3, -0.25) is 0 Å². The van der Waals surface area contributed by atoms with Crippen LogP contribution in [0.15, 0.2) is 129 Å². The summed E-state index contributed by atoms with van der Waals surface area (Å²) in [5.74, 6) is -2.43. The van der Waals surface area contributed by atoms with Gasteiger partial charge in [0.1, 0.15) is 48.4 Å². The fourth-order valence-electron chi connectivity index (χ4n) is 3.98. The van der Waals surface area contributed by atoms with Crippen molar-refractivity contribution in [1.82, 2.24) is 0 Å². The van der Waals surface area contributed by atoms with E-state index < -0.39 is 36.1 Å². The number of carbonyl (C=O) groups excluding carboxylic acids is 4. The highest BCUT2D eigenvalue weighted by Gasteiger charge is 2.20. The molecule has 13 heteroatoms. The summed E-state index contributed by atoms with van der Waals surface area (Å²) in [6, 6.07) is 21.4. The monoisotopic (exact) mass is 710 g/mol. The molecule has 0 aromatic heterocycles. The van der Waals surface area contributed by atoms with Gasteiger partial charge in [-0.15, -0.1) is 13.2 Å². The van der Waals surface area contributed by atoms with Gasteiger partial charge in [0.25, 0.3) is 0 Å². The lowest BCUT2D eigenvalue weighted by molar-refractivity contribution is -0.144. The van der Waals surface area contributed by atoms with Crippen molar-refractivity contribution in [3.8, 4) is 34.5 Å². The fraction of sp³-hybridized carbons (Fsp3) is 0.128. The van der Waals surface area contributed by atoms with Gasteiger partial charge >= 0.3 is 23.9 Å². The predicted molar refractivity (Wildman–Crippen MR) is 186 cm³/mol. The van der Waals surface area contributed by atoms with E-state index >= 15 is 0 Å². The highest BCUT2D eigenvalue weighted by molar-refractivity contribution is 5.94. The Morgan fingerprint density at radius 1 is 0.538 bits per heavy atom. The molecule has 4 rings (SSSR count). The van der Waals surface area contributed by atoms with Gasteiger partial charge in [-0.25, -0.2) is 19.2 Å². The van der Waals surface area contributed by atoms with E-state index in [0.29, 0.717) is 17.2 Å². The van der Waals surface area contributed by atoms with E-state index in [9.17, 15) is 29.4 Å². The average Bonchev–Trinajstić information content (AvgIpc) is 3.17. The molecular formula is C39H34O13. The molecule has 0 amide bonds. The number of ether oxygens (including phenoxy) is 7. The SMILES string of the molecule is C=CC(=O)OCOc1ccc(C(=O)Oc2ccc(OC(=O)c3ccc(OCC(O)C=C)cc3)c(OC(=O)c3ccc(OCC(O)C=C)cc3)c2)cc1. The molecule has 0 aliphatic rings. The number of rotatable bonds is 18. The average molecular weight is 711 g/mol. The summed E-state index contributed by atoms with van der Waals surface area (Å²) in [7, 11) is 0. The smallest absolute Gasteiger partial charge is 0.343 e. The third-order valence-corrected chi connectivity index (χ3v) is 6.78. The Balaban J connectivity index is 1.51. The van der Waals surface area contributed by atoms with Crippen molar-refractivity contribution in [2.24, 2.45) is 0 Å². The summed E-state index contributed by atoms with van der Waals surface area (Å²) >= 11 is 0. The first kappa shape index (κ1) is 38.1. The molecule has 0 saturated carbocycles. The van der Waals surface area contributed by atoms with Gasteiger partial charge in [-0.1, -0.05) is 18.7 Å². The van der Waals surface area contributed by atoms with Crippen LogP contribution in [-0.2, 0) is 9.53 Å². The van der Waals surface area contributed by atoms with Gasteiger partial charge in [0.15, 0.2) is 11.5 Å². The maximum atomic E-state index is 13.2. The first-order valence-corrected chi connectivity index (χ1v) is 15.5. The van der Waals surface area contributed by atoms with E-state index in [2.05, 4.69) is 19.7 Å². The molecule has 268 valence electrons. The van der Waals surface area contributed by atoms with Gasteiger partial charge in [0.2, 0.25) is 6.79 Å². The molecule has 0 radical (unpaired) electrons. The van der Waals surface area contributed by atoms with Crippen LogP contribution >= 0.6 is 0 Å². The Morgan fingerprint density at radius 2 is 0.942 bits per heavy atom. The van der Waals surface area contributed by atoms with Crippen LogP contribution in [0.2, 0.25) is 0 Å². The zero-order chi connectivity index (χ0) is 37.5. The second-order valence-corrected chi connectivity index (χ2v) is 10.5. The quantitative estimate of drug-likeness (QED) is 0.0451. The second-order valence-electron chi connectivity index (χ2n) is 10.5. The van der Waals surface area contributed by atoms with E-state index in [4.69, 9.17) is 33.2 Å². The van der Waals surface area contributed by atoms with E-state index in [0.717, 1.165) is 6.08 Å². The van der Waals surface area contributed by atoms with Crippen LogP contribution < -0.4 is 28.4 Å². The third kappa shape index (κ3) is 11.4. The summed E-state index contributed by atoms with van der Waals surface area (Å²) < 4.78 is 37.6. The highest BCUT2D eigenvalue weighted by Crippen LogP contribution is 2.34. The molecule has 0 aliphatic carbocycles. The lowest BCUT2D eigenvalue weighted by atomic mass is 10.2. The Kier molecular flexibility index (Phi) is 13.8. The molecule has 52 heavy (non-hydrogen) atoms. The molecule has 2 unspecified atom stereocenters. The van der Waals surface area contributed by atoms with Crippen molar-refractivity contribution in [1.29, 1.82) is 0 Å². The molecule has 0 fully saturated rings. The molecule has 2 atom stereocenters. The van der Waals surface area contributed by atoms with E-state index in [1.165, 1.54) is 103 Å². The number of aliphatic hydroxyl groups excluding tert-OH is 2. The van der Waals surface area contributed by atoms with E-state index in [-0.39, 0.29) is 53.9 Å². The normalized spacial score (nSPS) is 11.5. The van der Waals surface area contributed by atoms with Crippen LogP contribution in [0.5, 0.6) is 34.5 Å². The van der Waals surface area contributed by atoms with Crippen LogP contribution in [0, 0.1) is 0 Å². The number of hydrogen-bond acceptors (Lipinski definition) is 13. The van der Waals surface area contributed by atoms with E-state index in [1.54, 1.807) is 0 Å². The first-order valence-electron chi connectivity index (χ1n) is 15.5. The van der Waals surface area contributed by atoms with E-state index in [1.807, 2.05) is 0 Å². The zero-order valence-electron chi connectivity index (χ0n) is 27.7. The molecule has 4 aromatic carbocycles. The molecule has 0 spiro atoms. The van der Waals surface area contributed by atoms with Crippen LogP contribution in [-0.4, -0.2) is 66.3 Å². The van der Waals surface area contributed by atoms with Gasteiger partial charge in [-0.2, -0.15) is 0 Å². The van der Waals surface area contributed by atoms with Crippen LogP contribution in [0.25, 0.3) is 0 Å². The standard InChI is InChI=1S/C39H34O13/c1-4-28(40)22-46-30-13-7-26(8-14-30)38(44)51-34-20-19-33(50-37(43)25-11-17-32(18-12-25)48-24-49-36(42)6-3)21-35(34)52-39(45)27-9-15-31(16-10-27)47-23-29(41)5-2/h4-21,28-29,40-41H,1-3,22-24H2. The number of benzene rings is 4. The molecular weight excluding hydrogens is 676 g/mol. The molecule has 2 N–H and O–H groups in total. The molecule has 4 aromatic rings. The minimum absolute atomic E-state index is 0.0259. The second kappa shape index (κ2) is 18.9. The summed E-state index contributed by atoms with van der Waals surface area (Å²) in [6.45, 7) is 9.84. The largest absolute Gasteiger partial charge is 0.491 e. The van der Waals surface area contributed by atoms with Crippen LogP contribution in [0.1, 0.15) is 31.1 Å². The van der Waals surface area contributed by atoms with Crippen molar-refractivity contribution in [3.05, 3.63) is 146 Å². The minimum atomic E-state index is -0.872. The van der Waals surface area contributed by atoms with Crippen LogP contribution in [0.4, 0.5) is 0 Å². The van der Waals surface area contributed by atoms with Gasteiger partial charge in [-0.05, 0) is 84.9 Å². The predicted octanol–water partition coefficient (Wildman–Crippen LogP) is 5.26. The number of esters is 4. The summed E-state index contributed by atoms with van der Waals surface area (Å²) in [6.07, 6.45) is 1.91. The molecule has 13 nitrogen and oxygen atoms in total. The van der Waals surface area contributed by atoms with Gasteiger partial charge < -0.3 is 43.4 Å². The van der Waals surface area contributed by atoms with Gasteiger partial charge in [0, 0.05) is 12.1 Å². The molecule has 0 bridgehead atoms. The lowest BCUT2D eigenvalue weighted by Crippen LogP contribution is -2.15. The fourth-order valence-corrected chi connectivity index (χ4v) is 3.98. The molecule has 0 heterocycles. The molecule has 0 saturated heterocycles. The number of carbonyl (C=O) groups is 4. The first-order chi connectivity index (χ1) is 25.1. The Morgan fingerprint density at radius 3 is 1.38 bits per heavy atom. The third-order valence-electron chi connectivity index (χ3n) is 6.78. The maximum Gasteiger partial charge on any atom is 0.343 e. The van der Waals surface area contributed by atoms with Crippen LogP contribution in [0.3, 0.4) is 0 Å². The van der Waals surface area contributed by atoms with Crippen molar-refractivity contribution in [2.45, 2.75) is 12.2 Å². The van der Waals surface area contributed by atoms with Crippen molar-refractivity contribution < 1.29 is 62.5 Å². The van der Waals surface area contributed by atoms with Crippen molar-refractivity contribution >= 4 is 23.9 Å². The summed E-state index contributed by atoms with van der Waals surface area (Å²) in [4.78, 5) is 50.4. The molecule has 0 aliphatic heterocycles. The lowest BCUT2D eigenvalue weighted by Gasteiger charge is -2.13. The Labute approximate surface area is 298 Å². The number of hydrogen-bond donors (Lipinski definition) is 2. The van der Waals surface area contributed by atoms with Gasteiger partial charge in [0.05, 0.1) is 16.7 Å². The summed E-state index contributed by atoms with van der Waals surface area (Å²) in [5, 5.41) is 19.2. The maximum absolute atomic E-state index is 13.2.